The molecule has 0 aliphatic carbocycles. The monoisotopic (exact) mass is 248 g/mol. The van der Waals surface area contributed by atoms with Crippen molar-refractivity contribution in [1.82, 2.24) is 0 Å². The Hall–Kier alpha value is -1.81. The van der Waals surface area contributed by atoms with Crippen molar-refractivity contribution < 1.29 is 22.7 Å². The van der Waals surface area contributed by atoms with E-state index in [2.05, 4.69) is 5.32 Å². The summed E-state index contributed by atoms with van der Waals surface area (Å²) in [6, 6.07) is 4.76. The summed E-state index contributed by atoms with van der Waals surface area (Å²) in [6.07, 6.45) is -7.23. The van der Waals surface area contributed by atoms with Crippen LogP contribution in [0, 0.1) is 17.1 Å². The van der Waals surface area contributed by atoms with E-state index >= 15 is 0 Å². The molecular weight excluding hydrogens is 240 g/mol. The molecule has 2 N–H and O–H groups in total. The number of alkyl halides is 3. The lowest BCUT2D eigenvalue weighted by Crippen LogP contribution is -2.35. The van der Waals surface area contributed by atoms with Gasteiger partial charge in [0.2, 0.25) is 0 Å². The second-order valence-corrected chi connectivity index (χ2v) is 3.24. The Bertz CT molecular complexity index is 439. The van der Waals surface area contributed by atoms with E-state index in [0.717, 1.165) is 12.1 Å². The van der Waals surface area contributed by atoms with Gasteiger partial charge in [0, 0.05) is 12.2 Å². The fourth-order valence-corrected chi connectivity index (χ4v) is 1.05. The van der Waals surface area contributed by atoms with Crippen LogP contribution in [0.2, 0.25) is 0 Å². The van der Waals surface area contributed by atoms with E-state index in [1.807, 2.05) is 0 Å². The molecule has 0 amide bonds. The Labute approximate surface area is 94.3 Å². The highest BCUT2D eigenvalue weighted by molar-refractivity contribution is 5.49. The van der Waals surface area contributed by atoms with Gasteiger partial charge in [-0.2, -0.15) is 18.4 Å². The molecule has 17 heavy (non-hydrogen) atoms. The lowest BCUT2D eigenvalue weighted by molar-refractivity contribution is -0.198. The van der Waals surface area contributed by atoms with Gasteiger partial charge < -0.3 is 10.4 Å². The third-order valence-corrected chi connectivity index (χ3v) is 1.96. The number of hydrogen-bond donors (Lipinski definition) is 2. The van der Waals surface area contributed by atoms with Crippen LogP contribution in [-0.4, -0.2) is 23.9 Å². The van der Waals surface area contributed by atoms with Gasteiger partial charge >= 0.3 is 6.18 Å². The zero-order valence-electron chi connectivity index (χ0n) is 8.42. The van der Waals surface area contributed by atoms with E-state index in [4.69, 9.17) is 10.4 Å². The number of hydrogen-bond acceptors (Lipinski definition) is 3. The highest BCUT2D eigenvalue weighted by atomic mass is 19.4. The molecule has 1 aromatic rings. The third kappa shape index (κ3) is 3.60. The minimum Gasteiger partial charge on any atom is -0.382 e. The largest absolute Gasteiger partial charge is 0.416 e. The van der Waals surface area contributed by atoms with Crippen LogP contribution >= 0.6 is 0 Å². The van der Waals surface area contributed by atoms with Crippen LogP contribution in [0.15, 0.2) is 18.2 Å². The Morgan fingerprint density at radius 2 is 2.06 bits per heavy atom. The molecule has 0 saturated carbocycles. The van der Waals surface area contributed by atoms with Crippen LogP contribution in [-0.2, 0) is 0 Å². The summed E-state index contributed by atoms with van der Waals surface area (Å²) < 4.78 is 48.8. The van der Waals surface area contributed by atoms with Crippen LogP contribution in [0.1, 0.15) is 5.56 Å². The highest BCUT2D eigenvalue weighted by Crippen LogP contribution is 2.21. The maximum atomic E-state index is 12.9. The first kappa shape index (κ1) is 13.3. The van der Waals surface area contributed by atoms with Gasteiger partial charge in [-0.15, -0.1) is 0 Å². The summed E-state index contributed by atoms with van der Waals surface area (Å²) >= 11 is 0. The standard InChI is InChI=1S/C10H8F4N2O/c11-8-2-1-7(3-6(8)4-15)16-5-9(17)10(12,13)14/h1-3,9,16-17H,5H2. The van der Waals surface area contributed by atoms with E-state index in [1.54, 1.807) is 6.07 Å². The topological polar surface area (TPSA) is 56.0 Å². The number of rotatable bonds is 3. The van der Waals surface area contributed by atoms with Crippen molar-refractivity contribution in [2.75, 3.05) is 11.9 Å². The Morgan fingerprint density at radius 1 is 1.41 bits per heavy atom. The first-order chi connectivity index (χ1) is 7.84. The van der Waals surface area contributed by atoms with Crippen molar-refractivity contribution in [3.8, 4) is 6.07 Å². The van der Waals surface area contributed by atoms with Crippen molar-refractivity contribution in [3.05, 3.63) is 29.6 Å². The van der Waals surface area contributed by atoms with Crippen molar-refractivity contribution in [2.45, 2.75) is 12.3 Å². The van der Waals surface area contributed by atoms with Gasteiger partial charge in [0.05, 0.1) is 5.56 Å². The lowest BCUT2D eigenvalue weighted by atomic mass is 10.2. The molecule has 1 atom stereocenters. The van der Waals surface area contributed by atoms with Crippen LogP contribution in [0.5, 0.6) is 0 Å². The Kier molecular flexibility index (Phi) is 3.91. The molecule has 0 aromatic heterocycles. The average molecular weight is 248 g/mol. The summed E-state index contributed by atoms with van der Waals surface area (Å²) in [6.45, 7) is -0.764. The lowest BCUT2D eigenvalue weighted by Gasteiger charge is -2.15. The number of halogens is 4. The fraction of sp³-hybridized carbons (Fsp3) is 0.300. The second-order valence-electron chi connectivity index (χ2n) is 3.24. The third-order valence-electron chi connectivity index (χ3n) is 1.96. The molecule has 0 spiro atoms. The first-order valence-electron chi connectivity index (χ1n) is 4.53. The van der Waals surface area contributed by atoms with Gasteiger partial charge in [-0.25, -0.2) is 4.39 Å². The quantitative estimate of drug-likeness (QED) is 0.805. The molecule has 1 aromatic carbocycles. The minimum absolute atomic E-state index is 0.131. The molecule has 0 heterocycles. The normalized spacial score (nSPS) is 12.9. The molecule has 0 fully saturated rings. The summed E-state index contributed by atoms with van der Waals surface area (Å²) in [5, 5.41) is 19.5. The number of nitrogens with one attached hydrogen (secondary N) is 1. The summed E-state index contributed by atoms with van der Waals surface area (Å²) in [7, 11) is 0. The van der Waals surface area contributed by atoms with Crippen LogP contribution in [0.25, 0.3) is 0 Å². The summed E-state index contributed by atoms with van der Waals surface area (Å²) in [5.41, 5.74) is -0.150. The van der Waals surface area contributed by atoms with Crippen LogP contribution in [0.3, 0.4) is 0 Å². The molecule has 0 aliphatic heterocycles. The number of anilines is 1. The van der Waals surface area contributed by atoms with Gasteiger partial charge in [-0.3, -0.25) is 0 Å². The fourth-order valence-electron chi connectivity index (χ4n) is 1.05. The molecule has 1 unspecified atom stereocenters. The maximum absolute atomic E-state index is 12.9. The molecule has 0 radical (unpaired) electrons. The predicted octanol–water partition coefficient (Wildman–Crippen LogP) is 2.03. The SMILES string of the molecule is N#Cc1cc(NCC(O)C(F)(F)F)ccc1F. The van der Waals surface area contributed by atoms with Gasteiger partial charge in [0.1, 0.15) is 11.9 Å². The van der Waals surface area contributed by atoms with Crippen molar-refractivity contribution >= 4 is 5.69 Å². The number of nitrogens with zero attached hydrogens (tertiary/aromatic N) is 1. The zero-order valence-corrected chi connectivity index (χ0v) is 8.42. The van der Waals surface area contributed by atoms with Crippen molar-refractivity contribution in [3.63, 3.8) is 0 Å². The Balaban J connectivity index is 2.68. The molecule has 0 bridgehead atoms. The molecular formula is C10H8F4N2O. The maximum Gasteiger partial charge on any atom is 0.416 e. The minimum atomic E-state index is -4.72. The average Bonchev–Trinajstić information content (AvgIpc) is 2.26. The molecule has 3 nitrogen and oxygen atoms in total. The van der Waals surface area contributed by atoms with Gasteiger partial charge in [0.25, 0.3) is 0 Å². The van der Waals surface area contributed by atoms with E-state index < -0.39 is 24.6 Å². The molecule has 1 rings (SSSR count). The van der Waals surface area contributed by atoms with E-state index in [-0.39, 0.29) is 11.3 Å². The number of benzene rings is 1. The highest BCUT2D eigenvalue weighted by Gasteiger charge is 2.37. The smallest absolute Gasteiger partial charge is 0.382 e. The van der Waals surface area contributed by atoms with Gasteiger partial charge in [-0.1, -0.05) is 0 Å². The van der Waals surface area contributed by atoms with E-state index in [9.17, 15) is 17.6 Å². The summed E-state index contributed by atoms with van der Waals surface area (Å²) in [5.74, 6) is -0.755. The molecule has 92 valence electrons. The molecule has 0 aliphatic rings. The number of aliphatic hydroxyl groups excluding tert-OH is 1. The predicted molar refractivity (Wildman–Crippen MR) is 51.7 cm³/mol. The van der Waals surface area contributed by atoms with Crippen LogP contribution < -0.4 is 5.32 Å². The van der Waals surface area contributed by atoms with Crippen molar-refractivity contribution in [1.29, 1.82) is 5.26 Å². The number of nitriles is 1. The van der Waals surface area contributed by atoms with Crippen molar-refractivity contribution in [2.24, 2.45) is 0 Å². The van der Waals surface area contributed by atoms with E-state index in [0.29, 0.717) is 0 Å². The van der Waals surface area contributed by atoms with Crippen LogP contribution in [0.4, 0.5) is 23.2 Å². The summed E-state index contributed by atoms with van der Waals surface area (Å²) in [4.78, 5) is 0. The first-order valence-corrected chi connectivity index (χ1v) is 4.53. The van der Waals surface area contributed by atoms with E-state index in [1.165, 1.54) is 6.07 Å². The zero-order chi connectivity index (χ0) is 13.1. The Morgan fingerprint density at radius 3 is 2.59 bits per heavy atom. The molecule has 7 heteroatoms. The second kappa shape index (κ2) is 5.01. The van der Waals surface area contributed by atoms with Gasteiger partial charge in [0.15, 0.2) is 6.10 Å². The van der Waals surface area contributed by atoms with Gasteiger partial charge in [-0.05, 0) is 18.2 Å². The molecule has 0 saturated heterocycles. The number of aliphatic hydroxyl groups is 1.